The molecule has 0 radical (unpaired) electrons. The van der Waals surface area contributed by atoms with Crippen LogP contribution < -0.4 is 4.90 Å². The van der Waals surface area contributed by atoms with Crippen molar-refractivity contribution in [3.8, 4) is 22.3 Å². The largest absolute Gasteiger partial charge is 0.310 e. The number of fused-ring (bicyclic) bond motifs is 8. The molecule has 10 rings (SSSR count). The Kier molecular flexibility index (Phi) is 6.61. The predicted octanol–water partition coefficient (Wildman–Crippen LogP) is 14.4. The highest BCUT2D eigenvalue weighted by Crippen LogP contribution is 2.45. The summed E-state index contributed by atoms with van der Waals surface area (Å²) in [5, 5.41) is 7.84. The van der Waals surface area contributed by atoms with Gasteiger partial charge in [0.25, 0.3) is 0 Å². The van der Waals surface area contributed by atoms with E-state index in [1.165, 1.54) is 73.4 Å². The molecule has 0 aliphatic heterocycles. The van der Waals surface area contributed by atoms with Crippen molar-refractivity contribution < 1.29 is 0 Å². The third kappa shape index (κ3) is 4.66. The molecule has 2 heterocycles. The van der Waals surface area contributed by atoms with Crippen molar-refractivity contribution in [1.29, 1.82) is 0 Å². The first-order valence-corrected chi connectivity index (χ1v) is 18.2. The lowest BCUT2D eigenvalue weighted by Crippen LogP contribution is -2.11. The van der Waals surface area contributed by atoms with Crippen molar-refractivity contribution in [3.05, 3.63) is 176 Å². The summed E-state index contributed by atoms with van der Waals surface area (Å²) in [6.07, 6.45) is 0. The Morgan fingerprint density at radius 3 is 1.71 bits per heavy atom. The van der Waals surface area contributed by atoms with E-state index in [9.17, 15) is 0 Å². The van der Waals surface area contributed by atoms with Gasteiger partial charge in [-0.1, -0.05) is 133 Å². The van der Waals surface area contributed by atoms with Gasteiger partial charge in [-0.05, 0) is 64.5 Å². The van der Waals surface area contributed by atoms with Crippen LogP contribution in [-0.4, -0.2) is 0 Å². The van der Waals surface area contributed by atoms with Gasteiger partial charge in [-0.3, -0.25) is 0 Å². The first-order chi connectivity index (χ1) is 24.3. The van der Waals surface area contributed by atoms with Gasteiger partial charge in [-0.2, -0.15) is 0 Å². The molecular weight excluding hydrogens is 631 g/mol. The lowest BCUT2D eigenvalue weighted by molar-refractivity contribution is 1.29. The number of benzene rings is 8. The van der Waals surface area contributed by atoms with Crippen molar-refractivity contribution in [2.24, 2.45) is 0 Å². The van der Waals surface area contributed by atoms with Gasteiger partial charge in [0.1, 0.15) is 0 Å². The smallest absolute Gasteiger partial charge is 0.0540 e. The van der Waals surface area contributed by atoms with Crippen LogP contribution in [0, 0.1) is 0 Å². The second kappa shape index (κ2) is 11.5. The molecule has 0 saturated heterocycles. The Balaban J connectivity index is 1.17. The molecule has 0 unspecified atom stereocenters. The molecule has 0 saturated carbocycles. The maximum Gasteiger partial charge on any atom is 0.0540 e. The number of hydrogen-bond acceptors (Lipinski definition) is 3. The molecule has 0 aliphatic carbocycles. The summed E-state index contributed by atoms with van der Waals surface area (Å²) in [5.41, 5.74) is 8.31. The quantitative estimate of drug-likeness (QED) is 0.178. The highest BCUT2D eigenvalue weighted by molar-refractivity contribution is 7.27. The molecule has 49 heavy (non-hydrogen) atoms. The third-order valence-corrected chi connectivity index (χ3v) is 12.1. The van der Waals surface area contributed by atoms with E-state index in [1.54, 1.807) is 0 Å². The number of nitrogens with zero attached hydrogens (tertiary/aromatic N) is 1. The Hall–Kier alpha value is -5.74. The van der Waals surface area contributed by atoms with Crippen LogP contribution in [0.4, 0.5) is 17.1 Å². The molecule has 0 spiro atoms. The summed E-state index contributed by atoms with van der Waals surface area (Å²) in [6.45, 7) is 0. The van der Waals surface area contributed by atoms with Gasteiger partial charge in [-0.25, -0.2) is 0 Å². The molecule has 2 aromatic heterocycles. The third-order valence-electron chi connectivity index (χ3n) is 9.67. The Labute approximate surface area is 292 Å². The average Bonchev–Trinajstić information content (AvgIpc) is 3.75. The van der Waals surface area contributed by atoms with E-state index in [-0.39, 0.29) is 0 Å². The van der Waals surface area contributed by atoms with Gasteiger partial charge in [0.15, 0.2) is 0 Å². The zero-order valence-electron chi connectivity index (χ0n) is 26.5. The van der Waals surface area contributed by atoms with E-state index in [2.05, 4.69) is 181 Å². The normalized spacial score (nSPS) is 11.7. The van der Waals surface area contributed by atoms with Gasteiger partial charge in [0, 0.05) is 62.7 Å². The first-order valence-electron chi connectivity index (χ1n) is 16.6. The summed E-state index contributed by atoms with van der Waals surface area (Å²) >= 11 is 3.77. The van der Waals surface area contributed by atoms with E-state index < -0.39 is 0 Å². The van der Waals surface area contributed by atoms with Crippen LogP contribution in [0.1, 0.15) is 0 Å². The molecular formula is C46H29NS2. The van der Waals surface area contributed by atoms with Crippen molar-refractivity contribution in [3.63, 3.8) is 0 Å². The minimum absolute atomic E-state index is 1.12. The summed E-state index contributed by atoms with van der Waals surface area (Å²) < 4.78 is 5.33. The fourth-order valence-electron chi connectivity index (χ4n) is 7.35. The molecule has 0 bridgehead atoms. The monoisotopic (exact) mass is 659 g/mol. The lowest BCUT2D eigenvalue weighted by Gasteiger charge is -2.28. The number of hydrogen-bond donors (Lipinski definition) is 0. The highest BCUT2D eigenvalue weighted by atomic mass is 32.1. The predicted molar refractivity (Wildman–Crippen MR) is 215 cm³/mol. The number of thiophene rings is 2. The molecule has 0 aliphatic rings. The van der Waals surface area contributed by atoms with Gasteiger partial charge in [-0.15, -0.1) is 22.7 Å². The Bertz CT molecular complexity index is 2830. The van der Waals surface area contributed by atoms with Crippen LogP contribution in [0.2, 0.25) is 0 Å². The summed E-state index contributed by atoms with van der Waals surface area (Å²) in [4.78, 5) is 2.43. The van der Waals surface area contributed by atoms with E-state index in [4.69, 9.17) is 0 Å². The maximum atomic E-state index is 2.43. The van der Waals surface area contributed by atoms with Crippen molar-refractivity contribution >= 4 is 90.9 Å². The van der Waals surface area contributed by atoms with E-state index in [0.717, 1.165) is 17.1 Å². The summed E-state index contributed by atoms with van der Waals surface area (Å²) in [6, 6.07) is 64.3. The van der Waals surface area contributed by atoms with E-state index in [0.29, 0.717) is 0 Å². The van der Waals surface area contributed by atoms with Crippen molar-refractivity contribution in [2.75, 3.05) is 4.90 Å². The fraction of sp³-hybridized carbons (Fsp3) is 0. The minimum atomic E-state index is 1.12. The standard InChI is InChI=1S/C46H29NS2/c1-2-11-30(12-3-1)35-13-4-7-18-42(35)47(34-27-23-32-24-28-40-38-15-6-9-20-44(38)49-46(40)41(32)29-34)33-25-21-31(22-26-33)36-16-10-17-39-37-14-5-8-19-43(37)48-45(36)39/h1-29H. The maximum absolute atomic E-state index is 2.43. The van der Waals surface area contributed by atoms with Gasteiger partial charge < -0.3 is 4.90 Å². The Morgan fingerprint density at radius 2 is 0.918 bits per heavy atom. The van der Waals surface area contributed by atoms with Crippen LogP contribution in [0.5, 0.6) is 0 Å². The SMILES string of the molecule is c1ccc(-c2ccccc2N(c2ccc(-c3cccc4c3sc3ccccc34)cc2)c2ccc3ccc4c5ccccc5sc4c3c2)cc1. The van der Waals surface area contributed by atoms with Crippen molar-refractivity contribution in [1.82, 2.24) is 0 Å². The molecule has 8 aromatic carbocycles. The number of anilines is 3. The van der Waals surface area contributed by atoms with Gasteiger partial charge in [0.2, 0.25) is 0 Å². The minimum Gasteiger partial charge on any atom is -0.310 e. The fourth-order valence-corrected chi connectivity index (χ4v) is 9.82. The second-order valence-electron chi connectivity index (χ2n) is 12.5. The molecule has 0 amide bonds. The molecule has 230 valence electrons. The van der Waals surface area contributed by atoms with E-state index in [1.807, 2.05) is 22.7 Å². The molecule has 1 nitrogen and oxygen atoms in total. The molecule has 0 atom stereocenters. The zero-order valence-corrected chi connectivity index (χ0v) is 28.1. The number of para-hydroxylation sites is 1. The topological polar surface area (TPSA) is 3.24 Å². The van der Waals surface area contributed by atoms with E-state index >= 15 is 0 Å². The lowest BCUT2D eigenvalue weighted by atomic mass is 9.99. The van der Waals surface area contributed by atoms with Crippen LogP contribution >= 0.6 is 22.7 Å². The van der Waals surface area contributed by atoms with Gasteiger partial charge in [0.05, 0.1) is 5.69 Å². The zero-order chi connectivity index (χ0) is 32.3. The summed E-state index contributed by atoms with van der Waals surface area (Å²) in [7, 11) is 0. The molecule has 3 heteroatoms. The first kappa shape index (κ1) is 28.3. The highest BCUT2D eigenvalue weighted by Gasteiger charge is 2.19. The van der Waals surface area contributed by atoms with Gasteiger partial charge >= 0.3 is 0 Å². The number of rotatable bonds is 5. The van der Waals surface area contributed by atoms with Crippen LogP contribution in [-0.2, 0) is 0 Å². The van der Waals surface area contributed by atoms with Crippen LogP contribution in [0.25, 0.3) is 73.4 Å². The second-order valence-corrected chi connectivity index (χ2v) is 14.6. The molecule has 0 N–H and O–H groups in total. The molecule has 10 aromatic rings. The van der Waals surface area contributed by atoms with Crippen LogP contribution in [0.3, 0.4) is 0 Å². The average molecular weight is 660 g/mol. The van der Waals surface area contributed by atoms with Crippen molar-refractivity contribution in [2.45, 2.75) is 0 Å². The van der Waals surface area contributed by atoms with Crippen LogP contribution in [0.15, 0.2) is 176 Å². The Morgan fingerprint density at radius 1 is 0.347 bits per heavy atom. The summed E-state index contributed by atoms with van der Waals surface area (Å²) in [5.74, 6) is 0. The molecule has 0 fully saturated rings.